The molecular formula is C24H27N3O2. The van der Waals surface area contributed by atoms with E-state index in [1.165, 1.54) is 5.56 Å². The molecule has 0 atom stereocenters. The van der Waals surface area contributed by atoms with Crippen molar-refractivity contribution in [3.05, 3.63) is 83.7 Å². The zero-order chi connectivity index (χ0) is 20.6. The van der Waals surface area contributed by atoms with E-state index in [-0.39, 0.29) is 5.91 Å². The summed E-state index contributed by atoms with van der Waals surface area (Å²) in [5.41, 5.74) is 4.82. The minimum absolute atomic E-state index is 0.168. The number of aromatic nitrogens is 1. The van der Waals surface area contributed by atoms with Gasteiger partial charge in [-0.15, -0.1) is 0 Å². The van der Waals surface area contributed by atoms with Crippen LogP contribution >= 0.6 is 0 Å². The van der Waals surface area contributed by atoms with Crippen molar-refractivity contribution >= 4 is 17.3 Å². The van der Waals surface area contributed by atoms with Crippen molar-refractivity contribution in [2.75, 3.05) is 25.1 Å². The van der Waals surface area contributed by atoms with Gasteiger partial charge in [0.1, 0.15) is 11.4 Å². The Kier molecular flexibility index (Phi) is 6.85. The molecule has 29 heavy (non-hydrogen) atoms. The summed E-state index contributed by atoms with van der Waals surface area (Å²) in [5, 5.41) is 2.93. The van der Waals surface area contributed by atoms with Crippen molar-refractivity contribution < 1.29 is 9.53 Å². The van der Waals surface area contributed by atoms with Gasteiger partial charge in [0.05, 0.1) is 19.0 Å². The quantitative estimate of drug-likeness (QED) is 0.615. The van der Waals surface area contributed by atoms with Crippen LogP contribution in [0.4, 0.5) is 11.4 Å². The molecule has 0 aliphatic rings. The number of nitrogens with one attached hydrogen (secondary N) is 1. The minimum Gasteiger partial charge on any atom is -0.497 e. The molecule has 1 N–H and O–H groups in total. The molecule has 0 bridgehead atoms. The molecule has 0 aliphatic carbocycles. The third-order valence-corrected chi connectivity index (χ3v) is 4.76. The van der Waals surface area contributed by atoms with Crippen LogP contribution in [0.15, 0.2) is 66.9 Å². The highest BCUT2D eigenvalue weighted by molar-refractivity contribution is 5.92. The van der Waals surface area contributed by atoms with Crippen LogP contribution < -0.4 is 15.0 Å². The van der Waals surface area contributed by atoms with Crippen LogP contribution in [0.1, 0.15) is 28.5 Å². The SMILES string of the molecule is CCN(c1ccc(C(=O)NCCc2cccc(OC)c2)nc1)c1cccc(C)c1. The first-order valence-corrected chi connectivity index (χ1v) is 9.82. The summed E-state index contributed by atoms with van der Waals surface area (Å²) in [5.74, 6) is 0.651. The zero-order valence-electron chi connectivity index (χ0n) is 17.2. The van der Waals surface area contributed by atoms with Gasteiger partial charge in [0, 0.05) is 18.8 Å². The zero-order valence-corrected chi connectivity index (χ0v) is 17.2. The smallest absolute Gasteiger partial charge is 0.269 e. The Morgan fingerprint density at radius 2 is 1.90 bits per heavy atom. The third kappa shape index (κ3) is 5.35. The van der Waals surface area contributed by atoms with Crippen molar-refractivity contribution in [1.29, 1.82) is 0 Å². The molecule has 150 valence electrons. The maximum Gasteiger partial charge on any atom is 0.269 e. The van der Waals surface area contributed by atoms with Crippen LogP contribution in [0.3, 0.4) is 0 Å². The lowest BCUT2D eigenvalue weighted by Crippen LogP contribution is -2.26. The van der Waals surface area contributed by atoms with E-state index in [2.05, 4.69) is 47.2 Å². The van der Waals surface area contributed by atoms with E-state index in [1.54, 1.807) is 19.4 Å². The molecule has 0 saturated heterocycles. The van der Waals surface area contributed by atoms with Gasteiger partial charge in [-0.3, -0.25) is 4.79 Å². The Balaban J connectivity index is 1.60. The Morgan fingerprint density at radius 1 is 1.07 bits per heavy atom. The van der Waals surface area contributed by atoms with Gasteiger partial charge < -0.3 is 15.0 Å². The molecule has 0 saturated carbocycles. The van der Waals surface area contributed by atoms with Crippen LogP contribution in [-0.4, -0.2) is 31.1 Å². The van der Waals surface area contributed by atoms with Crippen molar-refractivity contribution in [2.24, 2.45) is 0 Å². The molecular weight excluding hydrogens is 362 g/mol. The second-order valence-corrected chi connectivity index (χ2v) is 6.84. The number of carbonyl (C=O) groups is 1. The number of ether oxygens (including phenoxy) is 1. The summed E-state index contributed by atoms with van der Waals surface area (Å²) >= 11 is 0. The third-order valence-electron chi connectivity index (χ3n) is 4.76. The van der Waals surface area contributed by atoms with Gasteiger partial charge in [0.15, 0.2) is 0 Å². The number of amides is 1. The predicted molar refractivity (Wildman–Crippen MR) is 117 cm³/mol. The highest BCUT2D eigenvalue weighted by Gasteiger charge is 2.11. The first kappa shape index (κ1) is 20.4. The molecule has 0 spiro atoms. The highest BCUT2D eigenvalue weighted by Crippen LogP contribution is 2.25. The van der Waals surface area contributed by atoms with E-state index in [4.69, 9.17) is 4.74 Å². The summed E-state index contributed by atoms with van der Waals surface area (Å²) < 4.78 is 5.23. The van der Waals surface area contributed by atoms with Gasteiger partial charge in [0.2, 0.25) is 0 Å². The fourth-order valence-electron chi connectivity index (χ4n) is 3.23. The molecule has 2 aromatic carbocycles. The van der Waals surface area contributed by atoms with Crippen molar-refractivity contribution in [3.8, 4) is 5.75 Å². The van der Waals surface area contributed by atoms with E-state index in [9.17, 15) is 4.79 Å². The number of hydrogen-bond donors (Lipinski definition) is 1. The lowest BCUT2D eigenvalue weighted by atomic mass is 10.1. The van der Waals surface area contributed by atoms with Crippen molar-refractivity contribution in [3.63, 3.8) is 0 Å². The normalized spacial score (nSPS) is 10.4. The highest BCUT2D eigenvalue weighted by atomic mass is 16.5. The number of methoxy groups -OCH3 is 1. The van der Waals surface area contributed by atoms with Crippen LogP contribution in [0, 0.1) is 6.92 Å². The average molecular weight is 389 g/mol. The first-order valence-electron chi connectivity index (χ1n) is 9.82. The average Bonchev–Trinajstić information content (AvgIpc) is 2.75. The molecule has 0 aliphatic heterocycles. The standard InChI is InChI=1S/C24H27N3O2/c1-4-27(20-9-5-7-18(2)15-20)21-11-12-23(26-17-21)24(28)25-14-13-19-8-6-10-22(16-19)29-3/h5-12,15-17H,4,13-14H2,1-3H3,(H,25,28). The predicted octanol–water partition coefficient (Wildman–Crippen LogP) is 4.53. The molecule has 3 aromatic rings. The first-order chi connectivity index (χ1) is 14.1. The Labute approximate surface area is 172 Å². The van der Waals surface area contributed by atoms with E-state index >= 15 is 0 Å². The molecule has 3 rings (SSSR count). The molecule has 1 aromatic heterocycles. The maximum atomic E-state index is 12.4. The summed E-state index contributed by atoms with van der Waals surface area (Å²) in [7, 11) is 1.65. The molecule has 1 amide bonds. The summed E-state index contributed by atoms with van der Waals surface area (Å²) in [6, 6.07) is 19.9. The molecule has 5 nitrogen and oxygen atoms in total. The Bertz CT molecular complexity index is 954. The van der Waals surface area contributed by atoms with Gasteiger partial charge in [-0.25, -0.2) is 4.98 Å². The number of hydrogen-bond acceptors (Lipinski definition) is 4. The van der Waals surface area contributed by atoms with E-state index in [1.807, 2.05) is 36.4 Å². The minimum atomic E-state index is -0.168. The number of benzene rings is 2. The molecule has 1 heterocycles. The monoisotopic (exact) mass is 389 g/mol. The van der Waals surface area contributed by atoms with Gasteiger partial charge in [0.25, 0.3) is 5.91 Å². The molecule has 0 fully saturated rings. The maximum absolute atomic E-state index is 12.4. The molecule has 0 unspecified atom stereocenters. The topological polar surface area (TPSA) is 54.5 Å². The lowest BCUT2D eigenvalue weighted by Gasteiger charge is -2.23. The summed E-state index contributed by atoms with van der Waals surface area (Å²) in [4.78, 5) is 19.0. The number of anilines is 2. The number of pyridine rings is 1. The lowest BCUT2D eigenvalue weighted by molar-refractivity contribution is 0.0949. The van der Waals surface area contributed by atoms with Crippen molar-refractivity contribution in [1.82, 2.24) is 10.3 Å². The van der Waals surface area contributed by atoms with Gasteiger partial charge in [-0.2, -0.15) is 0 Å². The van der Waals surface area contributed by atoms with Gasteiger partial charge in [-0.05, 0) is 67.8 Å². The number of rotatable bonds is 8. The molecule has 5 heteroatoms. The Hall–Kier alpha value is -3.34. The van der Waals surface area contributed by atoms with E-state index < -0.39 is 0 Å². The number of carbonyl (C=O) groups excluding carboxylic acids is 1. The van der Waals surface area contributed by atoms with E-state index in [0.717, 1.165) is 35.7 Å². The van der Waals surface area contributed by atoms with Gasteiger partial charge in [-0.1, -0.05) is 24.3 Å². The second-order valence-electron chi connectivity index (χ2n) is 6.84. The Morgan fingerprint density at radius 3 is 2.59 bits per heavy atom. The molecule has 0 radical (unpaired) electrons. The van der Waals surface area contributed by atoms with Crippen LogP contribution in [-0.2, 0) is 6.42 Å². The van der Waals surface area contributed by atoms with Crippen LogP contribution in [0.25, 0.3) is 0 Å². The summed E-state index contributed by atoms with van der Waals surface area (Å²) in [6.45, 7) is 5.53. The van der Waals surface area contributed by atoms with E-state index in [0.29, 0.717) is 12.2 Å². The largest absolute Gasteiger partial charge is 0.497 e. The number of nitrogens with zero attached hydrogens (tertiary/aromatic N) is 2. The fraction of sp³-hybridized carbons (Fsp3) is 0.250. The van der Waals surface area contributed by atoms with Crippen LogP contribution in [0.5, 0.6) is 5.75 Å². The summed E-state index contributed by atoms with van der Waals surface area (Å²) in [6.07, 6.45) is 2.49. The van der Waals surface area contributed by atoms with Gasteiger partial charge >= 0.3 is 0 Å². The number of aryl methyl sites for hydroxylation is 1. The van der Waals surface area contributed by atoms with Crippen molar-refractivity contribution in [2.45, 2.75) is 20.3 Å². The van der Waals surface area contributed by atoms with Crippen LogP contribution in [0.2, 0.25) is 0 Å². The second kappa shape index (κ2) is 9.73. The fourth-order valence-corrected chi connectivity index (χ4v) is 3.23.